The minimum absolute atomic E-state index is 0.0452. The second-order valence-corrected chi connectivity index (χ2v) is 8.79. The molecule has 168 valence electrons. The highest BCUT2D eigenvalue weighted by molar-refractivity contribution is 6.28. The average Bonchev–Trinajstić information content (AvgIpc) is 3.21. The van der Waals surface area contributed by atoms with Gasteiger partial charge in [-0.05, 0) is 48.2 Å². The molecule has 0 spiro atoms. The van der Waals surface area contributed by atoms with Gasteiger partial charge in [0.1, 0.15) is 0 Å². The van der Waals surface area contributed by atoms with E-state index in [-0.39, 0.29) is 18.2 Å². The lowest BCUT2D eigenvalue weighted by Crippen LogP contribution is -2.61. The number of piperidine rings is 1. The summed E-state index contributed by atoms with van der Waals surface area (Å²) >= 11 is 0. The number of benzene rings is 2. The Balaban J connectivity index is 1.63. The number of aromatic nitrogens is 2. The number of aryl methyl sites for hydroxylation is 1. The van der Waals surface area contributed by atoms with Gasteiger partial charge >= 0.3 is 0 Å². The highest BCUT2D eigenvalue weighted by Gasteiger charge is 2.37. The third kappa shape index (κ3) is 3.75. The fraction of sp³-hybridized carbons (Fsp3) is 0.320. The Morgan fingerprint density at radius 3 is 2.48 bits per heavy atom. The number of carbonyl (C=O) groups excluding carboxylic acids is 1. The van der Waals surface area contributed by atoms with Crippen LogP contribution in [0.1, 0.15) is 29.5 Å². The number of likely N-dealkylation sites (tertiary alicyclic amines) is 1. The third-order valence-corrected chi connectivity index (χ3v) is 6.68. The van der Waals surface area contributed by atoms with Crippen LogP contribution in [0, 0.1) is 11.3 Å². The number of likely N-dealkylation sites (N-methyl/N-ethyl adjacent to an activating group) is 1. The smallest absolute Gasteiger partial charge is 0.258 e. The number of hydrogen-bond donors (Lipinski definition) is 2. The Labute approximate surface area is 192 Å². The predicted molar refractivity (Wildman–Crippen MR) is 127 cm³/mol. The Kier molecular flexibility index (Phi) is 5.36. The first-order valence-electron chi connectivity index (χ1n) is 11.2. The van der Waals surface area contributed by atoms with E-state index in [9.17, 15) is 10.1 Å². The van der Waals surface area contributed by atoms with E-state index in [1.54, 1.807) is 17.0 Å². The lowest BCUT2D eigenvalue weighted by Gasteiger charge is -2.45. The summed E-state index contributed by atoms with van der Waals surface area (Å²) in [5, 5.41) is 18.2. The zero-order chi connectivity index (χ0) is 23.1. The number of nitrogens with zero attached hydrogens (tertiary/aromatic N) is 5. The maximum Gasteiger partial charge on any atom is 0.258 e. The molecule has 2 aliphatic heterocycles. The van der Waals surface area contributed by atoms with Gasteiger partial charge in [0.25, 0.3) is 5.91 Å². The van der Waals surface area contributed by atoms with Crippen molar-refractivity contribution in [2.45, 2.75) is 25.2 Å². The number of amides is 1. The second kappa shape index (κ2) is 8.35. The molecule has 2 aromatic carbocycles. The molecule has 33 heavy (non-hydrogen) atoms. The maximum atomic E-state index is 13.8. The van der Waals surface area contributed by atoms with E-state index in [1.165, 1.54) is 0 Å². The largest absolute Gasteiger partial charge is 0.352 e. The minimum atomic E-state index is -0.262. The summed E-state index contributed by atoms with van der Waals surface area (Å²) < 4.78 is 1.82. The van der Waals surface area contributed by atoms with Crippen LogP contribution < -0.4 is 11.1 Å². The first-order valence-corrected chi connectivity index (χ1v) is 11.2. The van der Waals surface area contributed by atoms with Crippen molar-refractivity contribution in [3.8, 4) is 6.07 Å². The van der Waals surface area contributed by atoms with Crippen LogP contribution in [0.15, 0.2) is 48.7 Å². The van der Waals surface area contributed by atoms with Crippen molar-refractivity contribution in [2.75, 3.05) is 20.1 Å². The van der Waals surface area contributed by atoms with Gasteiger partial charge in [-0.25, -0.2) is 0 Å². The molecular formula is C25H27N7O. The molecule has 5 rings (SSSR count). The summed E-state index contributed by atoms with van der Waals surface area (Å²) in [7, 11) is 3.74. The van der Waals surface area contributed by atoms with Gasteiger partial charge in [-0.1, -0.05) is 18.2 Å². The number of carbonyl (C=O) groups is 1. The SMILES string of the molecule is CN1C(=O)C(c2ccc3c(cnn3C)c2)=C(c2ccc(C#N)cc2)NC1N1CCC(N)CC1. The molecule has 3 N–H and O–H groups in total. The van der Waals surface area contributed by atoms with Gasteiger partial charge in [0, 0.05) is 38.6 Å². The number of nitrogens with one attached hydrogen (secondary N) is 1. The van der Waals surface area contributed by atoms with Crippen LogP contribution in [0.5, 0.6) is 0 Å². The van der Waals surface area contributed by atoms with E-state index in [2.05, 4.69) is 21.4 Å². The zero-order valence-electron chi connectivity index (χ0n) is 18.8. The lowest BCUT2D eigenvalue weighted by atomic mass is 9.95. The van der Waals surface area contributed by atoms with Crippen LogP contribution in [0.3, 0.4) is 0 Å². The quantitative estimate of drug-likeness (QED) is 0.645. The van der Waals surface area contributed by atoms with Crippen molar-refractivity contribution in [2.24, 2.45) is 12.8 Å². The van der Waals surface area contributed by atoms with Crippen LogP contribution in [-0.4, -0.2) is 58.0 Å². The molecule has 0 aliphatic carbocycles. The lowest BCUT2D eigenvalue weighted by molar-refractivity contribution is -0.131. The first kappa shape index (κ1) is 21.2. The van der Waals surface area contributed by atoms with Crippen LogP contribution in [0.25, 0.3) is 22.2 Å². The summed E-state index contributed by atoms with van der Waals surface area (Å²) in [6.07, 6.45) is 3.35. The molecule has 1 atom stereocenters. The molecule has 1 fully saturated rings. The molecule has 0 bridgehead atoms. The summed E-state index contributed by atoms with van der Waals surface area (Å²) in [6, 6.07) is 15.7. The summed E-state index contributed by atoms with van der Waals surface area (Å²) in [6.45, 7) is 1.65. The number of nitriles is 1. The van der Waals surface area contributed by atoms with E-state index >= 15 is 0 Å². The monoisotopic (exact) mass is 441 g/mol. The summed E-state index contributed by atoms with van der Waals surface area (Å²) in [5.74, 6) is -0.0452. The minimum Gasteiger partial charge on any atom is -0.352 e. The maximum absolute atomic E-state index is 13.8. The van der Waals surface area contributed by atoms with Crippen LogP contribution in [-0.2, 0) is 11.8 Å². The van der Waals surface area contributed by atoms with Gasteiger partial charge in [-0.2, -0.15) is 10.4 Å². The molecule has 1 aromatic heterocycles. The Hall–Kier alpha value is -3.67. The van der Waals surface area contributed by atoms with E-state index < -0.39 is 0 Å². The van der Waals surface area contributed by atoms with E-state index in [0.717, 1.165) is 53.7 Å². The number of fused-ring (bicyclic) bond motifs is 1. The first-order chi connectivity index (χ1) is 16.0. The number of nitrogens with two attached hydrogens (primary N) is 1. The average molecular weight is 442 g/mol. The van der Waals surface area contributed by atoms with Crippen molar-refractivity contribution in [1.29, 1.82) is 5.26 Å². The van der Waals surface area contributed by atoms with Crippen LogP contribution in [0.2, 0.25) is 0 Å². The zero-order valence-corrected chi connectivity index (χ0v) is 18.8. The van der Waals surface area contributed by atoms with Gasteiger partial charge in [0.2, 0.25) is 0 Å². The van der Waals surface area contributed by atoms with Gasteiger partial charge < -0.3 is 16.0 Å². The number of rotatable bonds is 3. The molecule has 3 aromatic rings. The van der Waals surface area contributed by atoms with Gasteiger partial charge in [0.05, 0.1) is 34.6 Å². The van der Waals surface area contributed by atoms with Crippen molar-refractivity contribution in [3.63, 3.8) is 0 Å². The number of hydrogen-bond acceptors (Lipinski definition) is 6. The molecule has 8 heteroatoms. The van der Waals surface area contributed by atoms with Crippen molar-refractivity contribution in [1.82, 2.24) is 24.9 Å². The molecule has 0 radical (unpaired) electrons. The highest BCUT2D eigenvalue weighted by Crippen LogP contribution is 2.33. The Bertz CT molecular complexity index is 1280. The van der Waals surface area contributed by atoms with Crippen molar-refractivity contribution >= 4 is 28.1 Å². The van der Waals surface area contributed by atoms with Gasteiger partial charge in [-0.3, -0.25) is 14.4 Å². The molecule has 8 nitrogen and oxygen atoms in total. The molecule has 1 amide bonds. The Morgan fingerprint density at radius 1 is 1.09 bits per heavy atom. The topological polar surface area (TPSA) is 103 Å². The van der Waals surface area contributed by atoms with Gasteiger partial charge in [-0.15, -0.1) is 0 Å². The second-order valence-electron chi connectivity index (χ2n) is 8.79. The summed E-state index contributed by atoms with van der Waals surface area (Å²) in [5.41, 5.74) is 10.8. The molecular weight excluding hydrogens is 414 g/mol. The van der Waals surface area contributed by atoms with Crippen molar-refractivity contribution < 1.29 is 4.79 Å². The van der Waals surface area contributed by atoms with E-state index in [1.807, 2.05) is 55.3 Å². The standard InChI is InChI=1S/C25H27N7O/c1-30-24(33)22(18-7-8-21-19(13-18)15-28-31(21)2)23(17-5-3-16(14-26)4-6-17)29-25(30)32-11-9-20(27)10-12-32/h3-8,13,15,20,25,29H,9-12,27H2,1-2H3. The predicted octanol–water partition coefficient (Wildman–Crippen LogP) is 2.08. The normalized spacial score (nSPS) is 20.2. The van der Waals surface area contributed by atoms with Crippen molar-refractivity contribution in [3.05, 3.63) is 65.4 Å². The molecule has 3 heterocycles. The fourth-order valence-electron chi connectivity index (χ4n) is 4.72. The van der Waals surface area contributed by atoms with Crippen LogP contribution >= 0.6 is 0 Å². The van der Waals surface area contributed by atoms with Gasteiger partial charge in [0.15, 0.2) is 6.29 Å². The molecule has 0 saturated carbocycles. The van der Waals surface area contributed by atoms with Crippen LogP contribution in [0.4, 0.5) is 0 Å². The van der Waals surface area contributed by atoms with E-state index in [4.69, 9.17) is 5.73 Å². The Morgan fingerprint density at radius 2 is 1.79 bits per heavy atom. The van der Waals surface area contributed by atoms with E-state index in [0.29, 0.717) is 11.1 Å². The highest BCUT2D eigenvalue weighted by atomic mass is 16.2. The molecule has 1 saturated heterocycles. The summed E-state index contributed by atoms with van der Waals surface area (Å²) in [4.78, 5) is 17.8. The molecule has 1 unspecified atom stereocenters. The third-order valence-electron chi connectivity index (χ3n) is 6.68. The molecule has 2 aliphatic rings. The fourth-order valence-corrected chi connectivity index (χ4v) is 4.72.